The number of hydrogen-bond acceptors (Lipinski definition) is 2. The predicted molar refractivity (Wildman–Crippen MR) is 51.4 cm³/mol. The molecule has 0 saturated heterocycles. The molecular weight excluding hydrogens is 336 g/mol. The standard InChI is InChI=1S/C8H4BrF6NO2/c9-2-3-6(7(10,11)12)4(17)1-5(16-3)18-8(13,14)15/h1H,2H2,(H,16,17). The van der Waals surface area contributed by atoms with Crippen LogP contribution in [0.2, 0.25) is 0 Å². The number of hydrogen-bond donors (Lipinski definition) is 1. The van der Waals surface area contributed by atoms with Crippen LogP contribution in [0, 0.1) is 0 Å². The molecule has 0 fully saturated rings. The summed E-state index contributed by atoms with van der Waals surface area (Å²) >= 11 is 2.64. The Morgan fingerprint density at radius 1 is 1.22 bits per heavy atom. The number of pyridine rings is 1. The minimum absolute atomic E-state index is 0.0997. The van der Waals surface area contributed by atoms with Crippen molar-refractivity contribution in [3.05, 3.63) is 27.5 Å². The molecule has 0 atom stereocenters. The normalized spacial score (nSPS) is 12.6. The van der Waals surface area contributed by atoms with E-state index >= 15 is 0 Å². The molecule has 10 heteroatoms. The molecular formula is C8H4BrF6NO2. The number of aromatic nitrogens is 1. The average molecular weight is 340 g/mol. The summed E-state index contributed by atoms with van der Waals surface area (Å²) in [7, 11) is 0. The summed E-state index contributed by atoms with van der Waals surface area (Å²) in [4.78, 5) is 12.9. The molecule has 1 aromatic heterocycles. The maximum Gasteiger partial charge on any atom is 0.574 e. The highest BCUT2D eigenvalue weighted by molar-refractivity contribution is 9.08. The lowest BCUT2D eigenvalue weighted by atomic mass is 10.2. The van der Waals surface area contributed by atoms with Crippen LogP contribution >= 0.6 is 15.9 Å². The second-order valence-electron chi connectivity index (χ2n) is 3.03. The van der Waals surface area contributed by atoms with Crippen molar-refractivity contribution in [2.75, 3.05) is 0 Å². The lowest BCUT2D eigenvalue weighted by Crippen LogP contribution is -2.25. The number of nitrogens with one attached hydrogen (secondary N) is 1. The van der Waals surface area contributed by atoms with Gasteiger partial charge in [0.2, 0.25) is 5.88 Å². The molecule has 0 aromatic carbocycles. The van der Waals surface area contributed by atoms with Gasteiger partial charge in [-0.05, 0) is 0 Å². The van der Waals surface area contributed by atoms with E-state index in [1.807, 2.05) is 0 Å². The monoisotopic (exact) mass is 339 g/mol. The fourth-order valence-electron chi connectivity index (χ4n) is 1.18. The molecule has 0 saturated carbocycles. The van der Waals surface area contributed by atoms with E-state index in [1.54, 1.807) is 4.98 Å². The maximum atomic E-state index is 12.5. The topological polar surface area (TPSA) is 42.1 Å². The molecule has 0 radical (unpaired) electrons. The van der Waals surface area contributed by atoms with Gasteiger partial charge in [-0.2, -0.15) is 13.2 Å². The highest BCUT2D eigenvalue weighted by Crippen LogP contribution is 2.31. The smallest absolute Gasteiger partial charge is 0.390 e. The lowest BCUT2D eigenvalue weighted by molar-refractivity contribution is -0.276. The third-order valence-electron chi connectivity index (χ3n) is 1.73. The zero-order valence-electron chi connectivity index (χ0n) is 8.25. The molecule has 0 amide bonds. The van der Waals surface area contributed by atoms with Gasteiger partial charge in [0.15, 0.2) is 5.43 Å². The number of H-pyrrole nitrogens is 1. The van der Waals surface area contributed by atoms with E-state index < -0.39 is 40.4 Å². The summed E-state index contributed by atoms with van der Waals surface area (Å²) in [6.07, 6.45) is -10.1. The third-order valence-corrected chi connectivity index (χ3v) is 2.29. The fraction of sp³-hybridized carbons (Fsp3) is 0.375. The van der Waals surface area contributed by atoms with E-state index in [-0.39, 0.29) is 6.07 Å². The quantitative estimate of drug-likeness (QED) is 0.664. The number of halogens is 7. The summed E-state index contributed by atoms with van der Waals surface area (Å²) < 4.78 is 76.3. The van der Waals surface area contributed by atoms with Gasteiger partial charge in [-0.15, -0.1) is 13.2 Å². The van der Waals surface area contributed by atoms with Crippen molar-refractivity contribution < 1.29 is 31.1 Å². The van der Waals surface area contributed by atoms with E-state index in [1.165, 1.54) is 0 Å². The van der Waals surface area contributed by atoms with E-state index in [9.17, 15) is 31.1 Å². The molecule has 1 aromatic rings. The Bertz CT molecular complexity index is 492. The van der Waals surface area contributed by atoms with Crippen LogP contribution in [0.3, 0.4) is 0 Å². The summed E-state index contributed by atoms with van der Waals surface area (Å²) in [6, 6.07) is 0.0997. The van der Waals surface area contributed by atoms with Gasteiger partial charge in [0.05, 0.1) is 0 Å². The van der Waals surface area contributed by atoms with Crippen LogP contribution in [0.5, 0.6) is 5.88 Å². The van der Waals surface area contributed by atoms with Gasteiger partial charge >= 0.3 is 12.5 Å². The van der Waals surface area contributed by atoms with Crippen molar-refractivity contribution in [1.29, 1.82) is 0 Å². The number of aromatic amines is 1. The maximum absolute atomic E-state index is 12.5. The van der Waals surface area contributed by atoms with Crippen molar-refractivity contribution in [3.63, 3.8) is 0 Å². The molecule has 0 unspecified atom stereocenters. The first-order valence-electron chi connectivity index (χ1n) is 4.19. The van der Waals surface area contributed by atoms with Gasteiger partial charge in [-0.1, -0.05) is 15.9 Å². The van der Waals surface area contributed by atoms with Gasteiger partial charge in [0.1, 0.15) is 5.56 Å². The van der Waals surface area contributed by atoms with Gasteiger partial charge in [0, 0.05) is 17.1 Å². The Hall–Kier alpha value is -1.19. The van der Waals surface area contributed by atoms with Gasteiger partial charge in [-0.3, -0.25) is 4.79 Å². The molecule has 1 rings (SSSR count). The average Bonchev–Trinajstić information content (AvgIpc) is 2.11. The second kappa shape index (κ2) is 4.82. The molecule has 102 valence electrons. The Morgan fingerprint density at radius 2 is 1.78 bits per heavy atom. The van der Waals surface area contributed by atoms with E-state index in [2.05, 4.69) is 20.7 Å². The summed E-state index contributed by atoms with van der Waals surface area (Å²) in [5.41, 5.74) is -3.90. The Balaban J connectivity index is 3.33. The highest BCUT2D eigenvalue weighted by atomic mass is 79.9. The second-order valence-corrected chi connectivity index (χ2v) is 3.59. The SMILES string of the molecule is O=c1cc(OC(F)(F)F)[nH]c(CBr)c1C(F)(F)F. The van der Waals surface area contributed by atoms with Gasteiger partial charge in [-0.25, -0.2) is 0 Å². The van der Waals surface area contributed by atoms with Crippen LogP contribution in [0.1, 0.15) is 11.3 Å². The van der Waals surface area contributed by atoms with Crippen LogP contribution < -0.4 is 10.2 Å². The van der Waals surface area contributed by atoms with Crippen LogP contribution in [-0.4, -0.2) is 11.3 Å². The molecule has 0 spiro atoms. The molecule has 18 heavy (non-hydrogen) atoms. The predicted octanol–water partition coefficient (Wildman–Crippen LogP) is 3.19. The molecule has 3 nitrogen and oxygen atoms in total. The van der Waals surface area contributed by atoms with Crippen LogP contribution in [-0.2, 0) is 11.5 Å². The summed E-state index contributed by atoms with van der Waals surface area (Å²) in [5, 5.41) is -0.480. The van der Waals surface area contributed by atoms with Crippen LogP contribution in [0.25, 0.3) is 0 Å². The third kappa shape index (κ3) is 3.65. The van der Waals surface area contributed by atoms with Crippen molar-refractivity contribution in [3.8, 4) is 5.88 Å². The summed E-state index contributed by atoms with van der Waals surface area (Å²) in [6.45, 7) is 0. The summed E-state index contributed by atoms with van der Waals surface area (Å²) in [5.74, 6) is -1.10. The Morgan fingerprint density at radius 3 is 2.17 bits per heavy atom. The minimum Gasteiger partial charge on any atom is -0.390 e. The molecule has 0 aliphatic rings. The van der Waals surface area contributed by atoms with Crippen molar-refractivity contribution in [2.24, 2.45) is 0 Å². The first-order chi connectivity index (χ1) is 8.04. The molecule has 0 bridgehead atoms. The van der Waals surface area contributed by atoms with Crippen molar-refractivity contribution in [2.45, 2.75) is 17.9 Å². The number of alkyl halides is 7. The Kier molecular flexibility index (Phi) is 3.99. The van der Waals surface area contributed by atoms with E-state index in [0.29, 0.717) is 0 Å². The van der Waals surface area contributed by atoms with Crippen LogP contribution in [0.4, 0.5) is 26.3 Å². The number of ether oxygens (including phenoxy) is 1. The first-order valence-corrected chi connectivity index (χ1v) is 5.32. The minimum atomic E-state index is -5.10. The molecule has 1 heterocycles. The molecule has 1 N–H and O–H groups in total. The molecule has 0 aliphatic carbocycles. The van der Waals surface area contributed by atoms with Crippen molar-refractivity contribution >= 4 is 15.9 Å². The zero-order chi connectivity index (χ0) is 14.1. The van der Waals surface area contributed by atoms with Crippen molar-refractivity contribution in [1.82, 2.24) is 4.98 Å². The number of rotatable bonds is 2. The van der Waals surface area contributed by atoms with E-state index in [0.717, 1.165) is 0 Å². The zero-order valence-corrected chi connectivity index (χ0v) is 9.83. The highest BCUT2D eigenvalue weighted by Gasteiger charge is 2.38. The molecule has 0 aliphatic heterocycles. The van der Waals surface area contributed by atoms with E-state index in [4.69, 9.17) is 0 Å². The lowest BCUT2D eigenvalue weighted by Gasteiger charge is -2.13. The van der Waals surface area contributed by atoms with Crippen LogP contribution in [0.15, 0.2) is 10.9 Å². The van der Waals surface area contributed by atoms with Gasteiger partial charge < -0.3 is 9.72 Å². The Labute approximate surface area is 104 Å². The fourth-order valence-corrected chi connectivity index (χ4v) is 1.60. The first kappa shape index (κ1) is 14.9. The largest absolute Gasteiger partial charge is 0.574 e. The van der Waals surface area contributed by atoms with Gasteiger partial charge in [0.25, 0.3) is 0 Å².